The van der Waals surface area contributed by atoms with Crippen LogP contribution in [0.2, 0.25) is 0 Å². The van der Waals surface area contributed by atoms with E-state index in [1.54, 1.807) is 30.9 Å². The van der Waals surface area contributed by atoms with Crippen molar-refractivity contribution < 1.29 is 13.7 Å². The predicted octanol–water partition coefficient (Wildman–Crippen LogP) is 2.19. The van der Waals surface area contributed by atoms with Gasteiger partial charge in [-0.05, 0) is 25.5 Å². The van der Waals surface area contributed by atoms with Gasteiger partial charge in [-0.3, -0.25) is 4.79 Å². The van der Waals surface area contributed by atoms with Crippen LogP contribution in [0.25, 0.3) is 11.6 Å². The van der Waals surface area contributed by atoms with Crippen LogP contribution < -0.4 is 5.32 Å². The lowest BCUT2D eigenvalue weighted by Crippen LogP contribution is -2.23. The molecule has 0 unspecified atom stereocenters. The highest BCUT2D eigenvalue weighted by Crippen LogP contribution is 2.16. The Balaban J connectivity index is 1.41. The number of imidazole rings is 1. The van der Waals surface area contributed by atoms with Gasteiger partial charge in [-0.2, -0.15) is 4.98 Å². The first kappa shape index (κ1) is 16.0. The van der Waals surface area contributed by atoms with Crippen molar-refractivity contribution in [1.82, 2.24) is 25.0 Å². The molecule has 0 aliphatic carbocycles. The Bertz CT molecular complexity index is 775. The summed E-state index contributed by atoms with van der Waals surface area (Å²) in [5, 5.41) is 6.75. The molecular weight excluding hydrogens is 310 g/mol. The molecule has 0 bridgehead atoms. The fraction of sp³-hybridized carbons (Fsp3) is 0.375. The largest absolute Gasteiger partial charge is 0.461 e. The number of carbonyl (C=O) groups is 1. The second-order valence-corrected chi connectivity index (χ2v) is 5.29. The molecule has 1 N–H and O–H groups in total. The van der Waals surface area contributed by atoms with E-state index in [4.69, 9.17) is 8.94 Å². The number of nitrogens with zero attached hydrogens (tertiary/aromatic N) is 4. The molecule has 3 rings (SSSR count). The number of amides is 1. The van der Waals surface area contributed by atoms with E-state index in [2.05, 4.69) is 20.4 Å². The molecule has 0 radical (unpaired) electrons. The molecule has 8 heteroatoms. The van der Waals surface area contributed by atoms with Crippen LogP contribution in [0, 0.1) is 0 Å². The molecule has 0 aliphatic rings. The Labute approximate surface area is 138 Å². The van der Waals surface area contributed by atoms with Gasteiger partial charge in [0.15, 0.2) is 5.76 Å². The van der Waals surface area contributed by atoms with Gasteiger partial charge in [0.1, 0.15) is 0 Å². The molecule has 0 spiro atoms. The summed E-state index contributed by atoms with van der Waals surface area (Å²) in [7, 11) is 0. The summed E-state index contributed by atoms with van der Waals surface area (Å²) < 4.78 is 12.4. The summed E-state index contributed by atoms with van der Waals surface area (Å²) in [6.07, 6.45) is 6.66. The van der Waals surface area contributed by atoms with E-state index >= 15 is 0 Å². The van der Waals surface area contributed by atoms with Crippen LogP contribution in [0.4, 0.5) is 0 Å². The van der Waals surface area contributed by atoms with E-state index in [9.17, 15) is 4.79 Å². The lowest BCUT2D eigenvalue weighted by molar-refractivity contribution is -0.121. The molecule has 3 heterocycles. The molecular formula is C16H19N5O3. The summed E-state index contributed by atoms with van der Waals surface area (Å²) >= 11 is 0. The summed E-state index contributed by atoms with van der Waals surface area (Å²) in [5.74, 6) is 1.48. The maximum atomic E-state index is 11.9. The number of nitrogens with one attached hydrogen (secondary N) is 1. The number of rotatable bonds is 8. The zero-order valence-electron chi connectivity index (χ0n) is 13.4. The first-order chi connectivity index (χ1) is 11.8. The third kappa shape index (κ3) is 3.89. The minimum Gasteiger partial charge on any atom is -0.461 e. The van der Waals surface area contributed by atoms with E-state index in [-0.39, 0.29) is 5.91 Å². The van der Waals surface area contributed by atoms with Crippen molar-refractivity contribution in [1.29, 1.82) is 0 Å². The maximum Gasteiger partial charge on any atom is 0.238 e. The molecule has 8 nitrogen and oxygen atoms in total. The van der Waals surface area contributed by atoms with E-state index in [1.807, 2.05) is 11.5 Å². The fourth-order valence-corrected chi connectivity index (χ4v) is 2.32. The molecule has 0 saturated heterocycles. The van der Waals surface area contributed by atoms with Crippen molar-refractivity contribution in [2.75, 3.05) is 0 Å². The third-order valence-electron chi connectivity index (χ3n) is 3.61. The topological polar surface area (TPSA) is 99.0 Å². The number of hydrogen-bond acceptors (Lipinski definition) is 6. The van der Waals surface area contributed by atoms with Gasteiger partial charge in [0, 0.05) is 25.6 Å². The van der Waals surface area contributed by atoms with Crippen LogP contribution in [0.1, 0.15) is 31.4 Å². The Kier molecular flexibility index (Phi) is 5.05. The van der Waals surface area contributed by atoms with Gasteiger partial charge < -0.3 is 18.8 Å². The second kappa shape index (κ2) is 7.58. The van der Waals surface area contributed by atoms with Crippen LogP contribution in [0.3, 0.4) is 0 Å². The number of aryl methyl sites for hydroxylation is 2. The Morgan fingerprint density at radius 1 is 1.42 bits per heavy atom. The summed E-state index contributed by atoms with van der Waals surface area (Å²) in [6.45, 7) is 3.35. The molecule has 1 amide bonds. The summed E-state index contributed by atoms with van der Waals surface area (Å²) in [4.78, 5) is 20.2. The first-order valence-electron chi connectivity index (χ1n) is 7.88. The van der Waals surface area contributed by atoms with Gasteiger partial charge in [0.2, 0.25) is 17.6 Å². The highest BCUT2D eigenvalue weighted by Gasteiger charge is 2.11. The number of hydrogen-bond donors (Lipinski definition) is 1. The first-order valence-corrected chi connectivity index (χ1v) is 7.88. The van der Waals surface area contributed by atoms with Gasteiger partial charge in [-0.15, -0.1) is 0 Å². The average Bonchev–Trinajstić information content (AvgIpc) is 3.32. The minimum atomic E-state index is -0.00961. The van der Waals surface area contributed by atoms with Gasteiger partial charge in [0.25, 0.3) is 0 Å². The monoisotopic (exact) mass is 329 g/mol. The third-order valence-corrected chi connectivity index (χ3v) is 3.61. The lowest BCUT2D eigenvalue weighted by atomic mass is 10.2. The van der Waals surface area contributed by atoms with E-state index in [1.165, 1.54) is 0 Å². The SMILES string of the molecule is CCn1cncc1CNC(=O)CCCc1nc(-c2ccco2)no1. The van der Waals surface area contributed by atoms with Crippen molar-refractivity contribution in [2.45, 2.75) is 39.3 Å². The molecule has 0 aromatic carbocycles. The molecule has 126 valence electrons. The van der Waals surface area contributed by atoms with Crippen LogP contribution in [-0.4, -0.2) is 25.6 Å². The Morgan fingerprint density at radius 2 is 2.33 bits per heavy atom. The molecule has 24 heavy (non-hydrogen) atoms. The fourth-order valence-electron chi connectivity index (χ4n) is 2.32. The van der Waals surface area contributed by atoms with Crippen molar-refractivity contribution in [3.63, 3.8) is 0 Å². The van der Waals surface area contributed by atoms with Crippen LogP contribution in [-0.2, 0) is 24.3 Å². The van der Waals surface area contributed by atoms with Crippen LogP contribution >= 0.6 is 0 Å². The van der Waals surface area contributed by atoms with Gasteiger partial charge in [0.05, 0.1) is 24.8 Å². The zero-order valence-corrected chi connectivity index (χ0v) is 13.4. The lowest BCUT2D eigenvalue weighted by Gasteiger charge is -2.06. The van der Waals surface area contributed by atoms with Crippen molar-refractivity contribution in [3.8, 4) is 11.6 Å². The molecule has 0 atom stereocenters. The normalized spacial score (nSPS) is 10.9. The standard InChI is InChI=1S/C16H19N5O3/c1-2-21-11-17-9-12(21)10-18-14(22)6-3-7-15-19-16(20-24-15)13-5-4-8-23-13/h4-5,8-9,11H,2-3,6-7,10H2,1H3,(H,18,22). The minimum absolute atomic E-state index is 0.00961. The van der Waals surface area contributed by atoms with Gasteiger partial charge in [-0.1, -0.05) is 5.16 Å². The summed E-state index contributed by atoms with van der Waals surface area (Å²) in [6, 6.07) is 3.53. The smallest absolute Gasteiger partial charge is 0.238 e. The number of aromatic nitrogens is 4. The summed E-state index contributed by atoms with van der Waals surface area (Å²) in [5.41, 5.74) is 0.992. The zero-order chi connectivity index (χ0) is 16.8. The second-order valence-electron chi connectivity index (χ2n) is 5.29. The average molecular weight is 329 g/mol. The highest BCUT2D eigenvalue weighted by molar-refractivity contribution is 5.75. The molecule has 0 aliphatic heterocycles. The molecule has 0 fully saturated rings. The van der Waals surface area contributed by atoms with Crippen molar-refractivity contribution >= 4 is 5.91 Å². The van der Waals surface area contributed by atoms with Gasteiger partial charge in [-0.25, -0.2) is 4.98 Å². The van der Waals surface area contributed by atoms with Crippen LogP contribution in [0.15, 0.2) is 39.9 Å². The molecule has 3 aromatic heterocycles. The molecule has 0 saturated carbocycles. The number of carbonyl (C=O) groups excluding carboxylic acids is 1. The van der Waals surface area contributed by atoms with E-state index < -0.39 is 0 Å². The quantitative estimate of drug-likeness (QED) is 0.680. The van der Waals surface area contributed by atoms with E-state index in [0.29, 0.717) is 43.3 Å². The predicted molar refractivity (Wildman–Crippen MR) is 84.7 cm³/mol. The van der Waals surface area contributed by atoms with E-state index in [0.717, 1.165) is 12.2 Å². The Hall–Kier alpha value is -2.90. The Morgan fingerprint density at radius 3 is 3.12 bits per heavy atom. The molecule has 3 aromatic rings. The van der Waals surface area contributed by atoms with Crippen LogP contribution in [0.5, 0.6) is 0 Å². The van der Waals surface area contributed by atoms with Crippen molar-refractivity contribution in [3.05, 3.63) is 42.5 Å². The van der Waals surface area contributed by atoms with Gasteiger partial charge >= 0.3 is 0 Å². The maximum absolute atomic E-state index is 11.9. The van der Waals surface area contributed by atoms with Crippen molar-refractivity contribution in [2.24, 2.45) is 0 Å². The highest BCUT2D eigenvalue weighted by atomic mass is 16.5. The number of furan rings is 1.